The number of aromatic amines is 1. The molecule has 0 aliphatic carbocycles. The summed E-state index contributed by atoms with van der Waals surface area (Å²) in [5.41, 5.74) is 3.63. The summed E-state index contributed by atoms with van der Waals surface area (Å²) in [5.74, 6) is 0. The van der Waals surface area contributed by atoms with Crippen LogP contribution >= 0.6 is 0 Å². The SMILES string of the molecule is Cc1[nH]c2ccccc2c1CN(C)C(C)C#N. The summed E-state index contributed by atoms with van der Waals surface area (Å²) in [4.78, 5) is 5.44. The lowest BCUT2D eigenvalue weighted by atomic mass is 10.1. The van der Waals surface area contributed by atoms with E-state index in [0.717, 1.165) is 12.1 Å². The highest BCUT2D eigenvalue weighted by Crippen LogP contribution is 2.23. The summed E-state index contributed by atoms with van der Waals surface area (Å²) in [7, 11) is 1.98. The Morgan fingerprint density at radius 3 is 2.82 bits per heavy atom. The lowest BCUT2D eigenvalue weighted by Crippen LogP contribution is -2.27. The quantitative estimate of drug-likeness (QED) is 0.876. The second-order valence-corrected chi connectivity index (χ2v) is 4.49. The molecule has 0 spiro atoms. The zero-order valence-corrected chi connectivity index (χ0v) is 10.5. The van der Waals surface area contributed by atoms with E-state index in [-0.39, 0.29) is 6.04 Å². The summed E-state index contributed by atoms with van der Waals surface area (Å²) in [6.07, 6.45) is 0. The molecule has 2 rings (SSSR count). The molecule has 0 fully saturated rings. The maximum atomic E-state index is 8.92. The van der Waals surface area contributed by atoms with Gasteiger partial charge in [0.15, 0.2) is 0 Å². The van der Waals surface area contributed by atoms with Gasteiger partial charge in [0.1, 0.15) is 0 Å². The van der Waals surface area contributed by atoms with Gasteiger partial charge in [0, 0.05) is 23.1 Å². The molecule has 3 nitrogen and oxygen atoms in total. The highest BCUT2D eigenvalue weighted by Gasteiger charge is 2.13. The van der Waals surface area contributed by atoms with E-state index in [1.54, 1.807) is 0 Å². The minimum atomic E-state index is -0.0666. The molecular weight excluding hydrogens is 210 g/mol. The van der Waals surface area contributed by atoms with E-state index in [9.17, 15) is 0 Å². The highest BCUT2D eigenvalue weighted by atomic mass is 15.1. The third-order valence-corrected chi connectivity index (χ3v) is 3.28. The molecule has 1 aromatic heterocycles. The van der Waals surface area contributed by atoms with Gasteiger partial charge in [0.05, 0.1) is 12.1 Å². The minimum Gasteiger partial charge on any atom is -0.358 e. The van der Waals surface area contributed by atoms with E-state index in [1.807, 2.05) is 26.1 Å². The lowest BCUT2D eigenvalue weighted by Gasteiger charge is -2.18. The Balaban J connectivity index is 2.36. The van der Waals surface area contributed by atoms with Crippen LogP contribution in [0.5, 0.6) is 0 Å². The lowest BCUT2D eigenvalue weighted by molar-refractivity contribution is 0.295. The van der Waals surface area contributed by atoms with Crippen LogP contribution in [-0.2, 0) is 6.54 Å². The maximum absolute atomic E-state index is 8.92. The molecule has 1 unspecified atom stereocenters. The van der Waals surface area contributed by atoms with Crippen molar-refractivity contribution in [2.45, 2.75) is 26.4 Å². The van der Waals surface area contributed by atoms with Crippen LogP contribution in [0.1, 0.15) is 18.2 Å². The average molecular weight is 227 g/mol. The number of nitrogens with zero attached hydrogens (tertiary/aromatic N) is 2. The zero-order valence-electron chi connectivity index (χ0n) is 10.5. The first-order chi connectivity index (χ1) is 8.13. The average Bonchev–Trinajstić information content (AvgIpc) is 2.65. The number of hydrogen-bond donors (Lipinski definition) is 1. The van der Waals surface area contributed by atoms with Crippen molar-refractivity contribution in [1.82, 2.24) is 9.88 Å². The molecule has 0 aliphatic heterocycles. The van der Waals surface area contributed by atoms with Crippen molar-refractivity contribution in [3.05, 3.63) is 35.5 Å². The monoisotopic (exact) mass is 227 g/mol. The molecule has 0 bridgehead atoms. The molecule has 2 aromatic rings. The van der Waals surface area contributed by atoms with Crippen molar-refractivity contribution >= 4 is 10.9 Å². The third kappa shape index (κ3) is 2.17. The fourth-order valence-electron chi connectivity index (χ4n) is 2.02. The summed E-state index contributed by atoms with van der Waals surface area (Å²) in [6.45, 7) is 4.80. The minimum absolute atomic E-state index is 0.0666. The smallest absolute Gasteiger partial charge is 0.0949 e. The van der Waals surface area contributed by atoms with Crippen LogP contribution in [0, 0.1) is 18.3 Å². The molecule has 1 aromatic carbocycles. The first-order valence-electron chi connectivity index (χ1n) is 5.79. The summed E-state index contributed by atoms with van der Waals surface area (Å²) >= 11 is 0. The van der Waals surface area contributed by atoms with Crippen molar-refractivity contribution in [2.75, 3.05) is 7.05 Å². The Morgan fingerprint density at radius 2 is 2.12 bits per heavy atom. The van der Waals surface area contributed by atoms with Gasteiger partial charge < -0.3 is 4.98 Å². The Hall–Kier alpha value is -1.79. The molecule has 0 amide bonds. The standard InChI is InChI=1S/C14H17N3/c1-10(8-15)17(3)9-13-11(2)16-14-7-5-4-6-12(13)14/h4-7,10,16H,9H2,1-3H3. The first-order valence-corrected chi connectivity index (χ1v) is 5.79. The van der Waals surface area contributed by atoms with Crippen molar-refractivity contribution < 1.29 is 0 Å². The van der Waals surface area contributed by atoms with Gasteiger partial charge in [-0.15, -0.1) is 0 Å². The second-order valence-electron chi connectivity index (χ2n) is 4.49. The van der Waals surface area contributed by atoms with E-state index in [2.05, 4.69) is 35.0 Å². The molecule has 3 heteroatoms. The molecule has 0 radical (unpaired) electrons. The number of benzene rings is 1. The molecule has 0 saturated heterocycles. The van der Waals surface area contributed by atoms with Gasteiger partial charge in [-0.05, 0) is 32.5 Å². The third-order valence-electron chi connectivity index (χ3n) is 3.28. The van der Waals surface area contributed by atoms with Crippen LogP contribution in [0.3, 0.4) is 0 Å². The van der Waals surface area contributed by atoms with E-state index in [0.29, 0.717) is 0 Å². The Morgan fingerprint density at radius 1 is 1.41 bits per heavy atom. The molecule has 1 heterocycles. The van der Waals surface area contributed by atoms with Crippen LogP contribution in [0.25, 0.3) is 10.9 Å². The molecule has 1 N–H and O–H groups in total. The van der Waals surface area contributed by atoms with Crippen LogP contribution in [-0.4, -0.2) is 23.0 Å². The predicted octanol–water partition coefficient (Wildman–Crippen LogP) is 2.82. The second kappa shape index (κ2) is 4.60. The number of aromatic nitrogens is 1. The number of H-pyrrole nitrogens is 1. The van der Waals surface area contributed by atoms with E-state index < -0.39 is 0 Å². The van der Waals surface area contributed by atoms with Crippen molar-refractivity contribution in [1.29, 1.82) is 5.26 Å². The number of rotatable bonds is 3. The van der Waals surface area contributed by atoms with Crippen molar-refractivity contribution in [3.63, 3.8) is 0 Å². The number of nitriles is 1. The molecule has 17 heavy (non-hydrogen) atoms. The van der Waals surface area contributed by atoms with Gasteiger partial charge in [-0.2, -0.15) is 5.26 Å². The van der Waals surface area contributed by atoms with Gasteiger partial charge in [0.2, 0.25) is 0 Å². The normalized spacial score (nSPS) is 12.9. The molecule has 88 valence electrons. The van der Waals surface area contributed by atoms with Gasteiger partial charge >= 0.3 is 0 Å². The largest absolute Gasteiger partial charge is 0.358 e. The number of nitrogens with one attached hydrogen (secondary N) is 1. The Labute approximate surface area is 102 Å². The van der Waals surface area contributed by atoms with Crippen LogP contribution < -0.4 is 0 Å². The van der Waals surface area contributed by atoms with E-state index >= 15 is 0 Å². The summed E-state index contributed by atoms with van der Waals surface area (Å²) < 4.78 is 0. The van der Waals surface area contributed by atoms with Crippen molar-refractivity contribution in [2.24, 2.45) is 0 Å². The molecular formula is C14H17N3. The highest BCUT2D eigenvalue weighted by molar-refractivity contribution is 5.84. The topological polar surface area (TPSA) is 42.8 Å². The van der Waals surface area contributed by atoms with Crippen LogP contribution in [0.2, 0.25) is 0 Å². The predicted molar refractivity (Wildman–Crippen MR) is 69.6 cm³/mol. The number of para-hydroxylation sites is 1. The van der Waals surface area contributed by atoms with Gasteiger partial charge in [-0.3, -0.25) is 4.90 Å². The summed E-state index contributed by atoms with van der Waals surface area (Å²) in [5, 5.41) is 10.2. The number of aryl methyl sites for hydroxylation is 1. The Kier molecular flexibility index (Phi) is 3.16. The fraction of sp³-hybridized carbons (Fsp3) is 0.357. The van der Waals surface area contributed by atoms with E-state index in [1.165, 1.54) is 16.6 Å². The van der Waals surface area contributed by atoms with Crippen LogP contribution in [0.4, 0.5) is 0 Å². The molecule has 0 saturated carbocycles. The Bertz CT molecular complexity index is 562. The van der Waals surface area contributed by atoms with Gasteiger partial charge in [-0.1, -0.05) is 18.2 Å². The molecule has 1 atom stereocenters. The van der Waals surface area contributed by atoms with E-state index in [4.69, 9.17) is 5.26 Å². The molecule has 0 aliphatic rings. The van der Waals surface area contributed by atoms with Gasteiger partial charge in [-0.25, -0.2) is 0 Å². The van der Waals surface area contributed by atoms with Crippen molar-refractivity contribution in [3.8, 4) is 6.07 Å². The summed E-state index contributed by atoms with van der Waals surface area (Å²) in [6, 6.07) is 10.5. The number of hydrogen-bond acceptors (Lipinski definition) is 2. The first kappa shape index (κ1) is 11.7. The fourth-order valence-corrected chi connectivity index (χ4v) is 2.02. The maximum Gasteiger partial charge on any atom is 0.0949 e. The number of fused-ring (bicyclic) bond motifs is 1. The van der Waals surface area contributed by atoms with Crippen LogP contribution in [0.15, 0.2) is 24.3 Å². The zero-order chi connectivity index (χ0) is 12.4. The van der Waals surface area contributed by atoms with Gasteiger partial charge in [0.25, 0.3) is 0 Å².